The minimum absolute atomic E-state index is 0. The fourth-order valence-corrected chi connectivity index (χ4v) is 2.08. The summed E-state index contributed by atoms with van der Waals surface area (Å²) in [7, 11) is 0. The number of aryl methyl sites for hydroxylation is 1. The van der Waals surface area contributed by atoms with E-state index in [0.29, 0.717) is 5.02 Å². The van der Waals surface area contributed by atoms with E-state index in [4.69, 9.17) is 16.3 Å². The lowest BCUT2D eigenvalue weighted by molar-refractivity contribution is 0.167. The summed E-state index contributed by atoms with van der Waals surface area (Å²) in [5.41, 5.74) is 1.16. The van der Waals surface area contributed by atoms with E-state index in [9.17, 15) is 0 Å². The van der Waals surface area contributed by atoms with Gasteiger partial charge in [0, 0.05) is 6.54 Å². The van der Waals surface area contributed by atoms with Gasteiger partial charge in [0.1, 0.15) is 11.9 Å². The van der Waals surface area contributed by atoms with Crippen LogP contribution in [0.4, 0.5) is 0 Å². The summed E-state index contributed by atoms with van der Waals surface area (Å²) in [5, 5.41) is 4.03. The predicted molar refractivity (Wildman–Crippen MR) is 70.0 cm³/mol. The van der Waals surface area contributed by atoms with E-state index in [1.54, 1.807) is 0 Å². The predicted octanol–water partition coefficient (Wildman–Crippen LogP) is 3.20. The van der Waals surface area contributed by atoms with Crippen LogP contribution in [0.5, 0.6) is 5.75 Å². The number of nitrogens with one attached hydrogen (secondary N) is 1. The van der Waals surface area contributed by atoms with Gasteiger partial charge in [-0.3, -0.25) is 0 Å². The molecule has 1 heterocycles. The number of piperidine rings is 1. The van der Waals surface area contributed by atoms with Gasteiger partial charge in [-0.15, -0.1) is 12.4 Å². The Morgan fingerprint density at radius 3 is 2.88 bits per heavy atom. The molecule has 90 valence electrons. The fourth-order valence-electron chi connectivity index (χ4n) is 1.80. The average Bonchev–Trinajstić information content (AvgIpc) is 2.24. The molecule has 1 aromatic rings. The summed E-state index contributed by atoms with van der Waals surface area (Å²) in [6.45, 7) is 4.05. The van der Waals surface area contributed by atoms with Crippen LogP contribution in [0, 0.1) is 6.92 Å². The quantitative estimate of drug-likeness (QED) is 0.883. The van der Waals surface area contributed by atoms with Gasteiger partial charge in [0.15, 0.2) is 0 Å². The van der Waals surface area contributed by atoms with Crippen LogP contribution in [0.25, 0.3) is 0 Å². The van der Waals surface area contributed by atoms with Crippen molar-refractivity contribution in [3.8, 4) is 5.75 Å². The lowest BCUT2D eigenvalue weighted by atomic mass is 10.1. The Bertz CT molecular complexity index is 338. The SMILES string of the molecule is Cc1ccc(OC2CCCNC2)c(Cl)c1.Cl. The molecule has 1 fully saturated rings. The first kappa shape index (κ1) is 13.6. The summed E-state index contributed by atoms with van der Waals surface area (Å²) < 4.78 is 5.85. The van der Waals surface area contributed by atoms with Gasteiger partial charge in [0.25, 0.3) is 0 Å². The lowest BCUT2D eigenvalue weighted by Crippen LogP contribution is -2.37. The summed E-state index contributed by atoms with van der Waals surface area (Å²) in [5.74, 6) is 0.802. The van der Waals surface area contributed by atoms with Crippen molar-refractivity contribution < 1.29 is 4.74 Å². The minimum Gasteiger partial charge on any atom is -0.488 e. The Labute approximate surface area is 108 Å². The standard InChI is InChI=1S/C12H16ClNO.ClH/c1-9-4-5-12(11(13)7-9)15-10-3-2-6-14-8-10;/h4-5,7,10,14H,2-3,6,8H2,1H3;1H. The molecule has 0 aliphatic carbocycles. The van der Waals surface area contributed by atoms with Gasteiger partial charge in [-0.05, 0) is 44.0 Å². The van der Waals surface area contributed by atoms with Gasteiger partial charge in [-0.1, -0.05) is 17.7 Å². The first-order valence-electron chi connectivity index (χ1n) is 5.39. The molecule has 0 saturated carbocycles. The van der Waals surface area contributed by atoms with Crippen LogP contribution in [-0.2, 0) is 0 Å². The number of rotatable bonds is 2. The van der Waals surface area contributed by atoms with E-state index in [0.717, 1.165) is 30.8 Å². The Morgan fingerprint density at radius 1 is 1.44 bits per heavy atom. The summed E-state index contributed by atoms with van der Waals surface area (Å²) in [6.07, 6.45) is 2.55. The van der Waals surface area contributed by atoms with Crippen molar-refractivity contribution in [3.05, 3.63) is 28.8 Å². The highest BCUT2D eigenvalue weighted by atomic mass is 35.5. The Hall–Kier alpha value is -0.440. The summed E-state index contributed by atoms with van der Waals surface area (Å²) >= 11 is 6.10. The molecule has 0 spiro atoms. The summed E-state index contributed by atoms with van der Waals surface area (Å²) in [4.78, 5) is 0. The van der Waals surface area contributed by atoms with Crippen molar-refractivity contribution in [2.75, 3.05) is 13.1 Å². The molecule has 4 heteroatoms. The molecule has 0 radical (unpaired) electrons. The first-order valence-corrected chi connectivity index (χ1v) is 5.77. The molecule has 2 rings (SSSR count). The molecule has 16 heavy (non-hydrogen) atoms. The van der Waals surface area contributed by atoms with Crippen LogP contribution < -0.4 is 10.1 Å². The van der Waals surface area contributed by atoms with Gasteiger partial charge in [-0.2, -0.15) is 0 Å². The summed E-state index contributed by atoms with van der Waals surface area (Å²) in [6, 6.07) is 5.91. The van der Waals surface area contributed by atoms with E-state index in [-0.39, 0.29) is 18.5 Å². The van der Waals surface area contributed by atoms with E-state index in [1.165, 1.54) is 6.42 Å². The van der Waals surface area contributed by atoms with Crippen LogP contribution in [0.1, 0.15) is 18.4 Å². The van der Waals surface area contributed by atoms with Crippen molar-refractivity contribution in [2.45, 2.75) is 25.9 Å². The maximum absolute atomic E-state index is 6.10. The van der Waals surface area contributed by atoms with Crippen molar-refractivity contribution in [1.82, 2.24) is 5.32 Å². The number of hydrogen-bond acceptors (Lipinski definition) is 2. The Morgan fingerprint density at radius 2 is 2.25 bits per heavy atom. The maximum Gasteiger partial charge on any atom is 0.138 e. The van der Waals surface area contributed by atoms with E-state index < -0.39 is 0 Å². The van der Waals surface area contributed by atoms with Crippen LogP contribution in [0.3, 0.4) is 0 Å². The normalized spacial score (nSPS) is 20.0. The second kappa shape index (κ2) is 6.33. The van der Waals surface area contributed by atoms with Gasteiger partial charge >= 0.3 is 0 Å². The van der Waals surface area contributed by atoms with Crippen LogP contribution in [0.2, 0.25) is 5.02 Å². The largest absolute Gasteiger partial charge is 0.488 e. The van der Waals surface area contributed by atoms with Crippen molar-refractivity contribution in [2.24, 2.45) is 0 Å². The second-order valence-corrected chi connectivity index (χ2v) is 4.43. The number of hydrogen-bond donors (Lipinski definition) is 1. The Balaban J connectivity index is 0.00000128. The molecule has 1 N–H and O–H groups in total. The molecule has 2 nitrogen and oxygen atoms in total. The molecule has 0 amide bonds. The maximum atomic E-state index is 6.10. The van der Waals surface area contributed by atoms with Crippen molar-refractivity contribution in [1.29, 1.82) is 0 Å². The molecule has 1 aliphatic rings. The smallest absolute Gasteiger partial charge is 0.138 e. The van der Waals surface area contributed by atoms with Gasteiger partial charge < -0.3 is 10.1 Å². The van der Waals surface area contributed by atoms with Crippen LogP contribution in [-0.4, -0.2) is 19.2 Å². The number of halogens is 2. The molecule has 1 unspecified atom stereocenters. The van der Waals surface area contributed by atoms with Gasteiger partial charge in [0.05, 0.1) is 5.02 Å². The van der Waals surface area contributed by atoms with Gasteiger partial charge in [-0.25, -0.2) is 0 Å². The molecule has 1 atom stereocenters. The third-order valence-corrected chi connectivity index (χ3v) is 2.93. The second-order valence-electron chi connectivity index (χ2n) is 4.02. The third kappa shape index (κ3) is 3.55. The molecule has 0 aromatic heterocycles. The lowest BCUT2D eigenvalue weighted by Gasteiger charge is -2.24. The van der Waals surface area contributed by atoms with Crippen molar-refractivity contribution >= 4 is 24.0 Å². The monoisotopic (exact) mass is 261 g/mol. The first-order chi connectivity index (χ1) is 7.25. The topological polar surface area (TPSA) is 21.3 Å². The molecule has 1 aromatic carbocycles. The fraction of sp³-hybridized carbons (Fsp3) is 0.500. The average molecular weight is 262 g/mol. The highest BCUT2D eigenvalue weighted by Gasteiger charge is 2.15. The van der Waals surface area contributed by atoms with Crippen LogP contribution >= 0.6 is 24.0 Å². The van der Waals surface area contributed by atoms with Gasteiger partial charge in [0.2, 0.25) is 0 Å². The number of ether oxygens (including phenoxy) is 1. The van der Waals surface area contributed by atoms with E-state index >= 15 is 0 Å². The van der Waals surface area contributed by atoms with Crippen molar-refractivity contribution in [3.63, 3.8) is 0 Å². The molecule has 0 bridgehead atoms. The molecule has 1 saturated heterocycles. The molecule has 1 aliphatic heterocycles. The van der Waals surface area contributed by atoms with E-state index in [2.05, 4.69) is 5.32 Å². The zero-order valence-electron chi connectivity index (χ0n) is 9.33. The highest BCUT2D eigenvalue weighted by Crippen LogP contribution is 2.27. The molecular weight excluding hydrogens is 245 g/mol. The Kier molecular flexibility index (Phi) is 5.39. The highest BCUT2D eigenvalue weighted by molar-refractivity contribution is 6.32. The zero-order valence-corrected chi connectivity index (χ0v) is 10.9. The van der Waals surface area contributed by atoms with Crippen LogP contribution in [0.15, 0.2) is 18.2 Å². The zero-order chi connectivity index (χ0) is 10.7. The van der Waals surface area contributed by atoms with E-state index in [1.807, 2.05) is 25.1 Å². The third-order valence-electron chi connectivity index (χ3n) is 2.63. The molecular formula is C12H17Cl2NO. The number of benzene rings is 1. The minimum atomic E-state index is 0.